The van der Waals surface area contributed by atoms with Gasteiger partial charge < -0.3 is 4.90 Å². The van der Waals surface area contributed by atoms with Crippen molar-refractivity contribution in [3.63, 3.8) is 0 Å². The Morgan fingerprint density at radius 3 is 2.64 bits per heavy atom. The number of fused-ring (bicyclic) bond motifs is 1. The smallest absolute Gasteiger partial charge is 0.222 e. The van der Waals surface area contributed by atoms with E-state index in [2.05, 4.69) is 11.1 Å². The number of benzene rings is 2. The first kappa shape index (κ1) is 17.5. The average Bonchev–Trinajstić information content (AvgIpc) is 3.03. The van der Waals surface area contributed by atoms with Gasteiger partial charge in [-0.25, -0.2) is 9.37 Å². The third kappa shape index (κ3) is 4.23. The van der Waals surface area contributed by atoms with E-state index < -0.39 is 0 Å². The molecule has 0 saturated carbocycles. The summed E-state index contributed by atoms with van der Waals surface area (Å²) in [7, 11) is 1.80. The summed E-state index contributed by atoms with van der Waals surface area (Å²) in [6, 6.07) is 14.3. The SMILES string of the molecule is CC(c1ccc(F)cc1)N(C)C(=O)CCCc1nc2ccccc2s1. The van der Waals surface area contributed by atoms with Crippen molar-refractivity contribution < 1.29 is 9.18 Å². The Kier molecular flexibility index (Phi) is 5.43. The van der Waals surface area contributed by atoms with E-state index in [0.29, 0.717) is 6.42 Å². The van der Waals surface area contributed by atoms with Gasteiger partial charge in [0.1, 0.15) is 5.82 Å². The van der Waals surface area contributed by atoms with Gasteiger partial charge in [-0.15, -0.1) is 11.3 Å². The van der Waals surface area contributed by atoms with Crippen LogP contribution in [-0.4, -0.2) is 22.8 Å². The molecule has 1 unspecified atom stereocenters. The summed E-state index contributed by atoms with van der Waals surface area (Å²) in [6.45, 7) is 1.96. The van der Waals surface area contributed by atoms with Crippen LogP contribution in [0.1, 0.15) is 36.4 Å². The van der Waals surface area contributed by atoms with Crippen molar-refractivity contribution in [2.75, 3.05) is 7.05 Å². The summed E-state index contributed by atoms with van der Waals surface area (Å²) in [5.41, 5.74) is 1.96. The Bertz CT molecular complexity index is 827. The summed E-state index contributed by atoms with van der Waals surface area (Å²) in [5.74, 6) is -0.168. The van der Waals surface area contributed by atoms with Crippen molar-refractivity contribution in [3.8, 4) is 0 Å². The van der Waals surface area contributed by atoms with Gasteiger partial charge in [0.05, 0.1) is 21.3 Å². The highest BCUT2D eigenvalue weighted by Gasteiger charge is 2.17. The zero-order valence-electron chi connectivity index (χ0n) is 14.4. The topological polar surface area (TPSA) is 33.2 Å². The molecule has 25 heavy (non-hydrogen) atoms. The Labute approximate surface area is 151 Å². The van der Waals surface area contributed by atoms with Gasteiger partial charge in [0.15, 0.2) is 0 Å². The molecule has 0 spiro atoms. The van der Waals surface area contributed by atoms with E-state index in [0.717, 1.165) is 28.9 Å². The molecule has 0 aliphatic carbocycles. The zero-order chi connectivity index (χ0) is 17.8. The van der Waals surface area contributed by atoms with Gasteiger partial charge in [0.25, 0.3) is 0 Å². The van der Waals surface area contributed by atoms with Gasteiger partial charge in [-0.2, -0.15) is 0 Å². The van der Waals surface area contributed by atoms with Gasteiger partial charge in [-0.3, -0.25) is 4.79 Å². The minimum Gasteiger partial charge on any atom is -0.339 e. The molecule has 0 radical (unpaired) electrons. The molecule has 5 heteroatoms. The molecular formula is C20H21FN2OS. The van der Waals surface area contributed by atoms with E-state index in [-0.39, 0.29) is 17.8 Å². The van der Waals surface area contributed by atoms with Crippen LogP contribution in [0.2, 0.25) is 0 Å². The van der Waals surface area contributed by atoms with Crippen molar-refractivity contribution in [1.82, 2.24) is 9.88 Å². The summed E-state index contributed by atoms with van der Waals surface area (Å²) in [5, 5.41) is 1.07. The quantitative estimate of drug-likeness (QED) is 0.624. The third-order valence-corrected chi connectivity index (χ3v) is 5.54. The molecule has 3 rings (SSSR count). The van der Waals surface area contributed by atoms with Crippen molar-refractivity contribution in [3.05, 3.63) is 64.9 Å². The third-order valence-electron chi connectivity index (χ3n) is 4.45. The number of carbonyl (C=O) groups is 1. The molecular weight excluding hydrogens is 335 g/mol. The number of nitrogens with zero attached hydrogens (tertiary/aromatic N) is 2. The molecule has 3 aromatic rings. The van der Waals surface area contributed by atoms with Crippen LogP contribution in [0, 0.1) is 5.82 Å². The van der Waals surface area contributed by atoms with Crippen LogP contribution >= 0.6 is 11.3 Å². The molecule has 2 aromatic carbocycles. The lowest BCUT2D eigenvalue weighted by Gasteiger charge is -2.25. The Balaban J connectivity index is 1.53. The van der Waals surface area contributed by atoms with E-state index >= 15 is 0 Å². The van der Waals surface area contributed by atoms with Crippen LogP contribution in [0.15, 0.2) is 48.5 Å². The average molecular weight is 356 g/mol. The molecule has 0 aliphatic heterocycles. The van der Waals surface area contributed by atoms with E-state index in [1.54, 1.807) is 35.4 Å². The van der Waals surface area contributed by atoms with E-state index in [1.807, 2.05) is 25.1 Å². The van der Waals surface area contributed by atoms with Gasteiger partial charge in [0, 0.05) is 13.5 Å². The monoisotopic (exact) mass is 356 g/mol. The molecule has 0 bridgehead atoms. The largest absolute Gasteiger partial charge is 0.339 e. The number of para-hydroxylation sites is 1. The first-order valence-electron chi connectivity index (χ1n) is 8.40. The van der Waals surface area contributed by atoms with E-state index in [9.17, 15) is 9.18 Å². The Morgan fingerprint density at radius 1 is 1.20 bits per heavy atom. The Hall–Kier alpha value is -2.27. The van der Waals surface area contributed by atoms with Crippen LogP contribution < -0.4 is 0 Å². The Morgan fingerprint density at radius 2 is 1.92 bits per heavy atom. The minimum absolute atomic E-state index is 0.0736. The van der Waals surface area contributed by atoms with Gasteiger partial charge in [-0.1, -0.05) is 24.3 Å². The number of amides is 1. The van der Waals surface area contributed by atoms with Gasteiger partial charge in [-0.05, 0) is 49.6 Å². The van der Waals surface area contributed by atoms with Crippen LogP contribution in [0.25, 0.3) is 10.2 Å². The summed E-state index contributed by atoms with van der Waals surface area (Å²) < 4.78 is 14.2. The zero-order valence-corrected chi connectivity index (χ0v) is 15.2. The predicted molar refractivity (Wildman–Crippen MR) is 100 cm³/mol. The number of aryl methyl sites for hydroxylation is 1. The molecule has 130 valence electrons. The minimum atomic E-state index is -0.263. The van der Waals surface area contributed by atoms with Gasteiger partial charge in [0.2, 0.25) is 5.91 Å². The number of hydrogen-bond acceptors (Lipinski definition) is 3. The lowest BCUT2D eigenvalue weighted by atomic mass is 10.1. The molecule has 1 amide bonds. The maximum atomic E-state index is 13.0. The molecule has 0 N–H and O–H groups in total. The number of halogens is 1. The first-order valence-corrected chi connectivity index (χ1v) is 9.22. The van der Waals surface area contributed by atoms with Gasteiger partial charge >= 0.3 is 0 Å². The fraction of sp³-hybridized carbons (Fsp3) is 0.300. The van der Waals surface area contributed by atoms with Crippen molar-refractivity contribution in [2.45, 2.75) is 32.2 Å². The normalized spacial score (nSPS) is 12.3. The van der Waals surface area contributed by atoms with Crippen LogP contribution in [0.4, 0.5) is 4.39 Å². The van der Waals surface area contributed by atoms with Crippen LogP contribution in [0.3, 0.4) is 0 Å². The lowest BCUT2D eigenvalue weighted by Crippen LogP contribution is -2.29. The fourth-order valence-corrected chi connectivity index (χ4v) is 3.78. The highest BCUT2D eigenvalue weighted by Crippen LogP contribution is 2.24. The van der Waals surface area contributed by atoms with Crippen LogP contribution in [0.5, 0.6) is 0 Å². The number of carbonyl (C=O) groups excluding carboxylic acids is 1. The molecule has 1 aromatic heterocycles. The second-order valence-corrected chi connectivity index (χ2v) is 7.28. The summed E-state index contributed by atoms with van der Waals surface area (Å²) in [6.07, 6.45) is 2.07. The molecule has 0 fully saturated rings. The molecule has 3 nitrogen and oxygen atoms in total. The van der Waals surface area contributed by atoms with Crippen molar-refractivity contribution in [1.29, 1.82) is 0 Å². The highest BCUT2D eigenvalue weighted by molar-refractivity contribution is 7.18. The summed E-state index contributed by atoms with van der Waals surface area (Å²) >= 11 is 1.69. The lowest BCUT2D eigenvalue weighted by molar-refractivity contribution is -0.131. The number of thiazole rings is 1. The number of hydrogen-bond donors (Lipinski definition) is 0. The maximum Gasteiger partial charge on any atom is 0.222 e. The molecule has 1 atom stereocenters. The van der Waals surface area contributed by atoms with Crippen molar-refractivity contribution >= 4 is 27.5 Å². The molecule has 1 heterocycles. The molecule has 0 saturated heterocycles. The standard InChI is InChI=1S/C20H21FN2OS/c1-14(15-10-12-16(21)13-11-15)23(2)20(24)9-5-8-19-22-17-6-3-4-7-18(17)25-19/h3-4,6-7,10-14H,5,8-9H2,1-2H3. The second-order valence-electron chi connectivity index (χ2n) is 6.16. The predicted octanol–water partition coefficient (Wildman–Crippen LogP) is 4.98. The van der Waals surface area contributed by atoms with E-state index in [4.69, 9.17) is 0 Å². The van der Waals surface area contributed by atoms with Crippen molar-refractivity contribution in [2.24, 2.45) is 0 Å². The second kappa shape index (κ2) is 7.74. The number of rotatable bonds is 6. The van der Waals surface area contributed by atoms with E-state index in [1.165, 1.54) is 16.8 Å². The maximum absolute atomic E-state index is 13.0. The first-order chi connectivity index (χ1) is 12.0. The number of aromatic nitrogens is 1. The highest BCUT2D eigenvalue weighted by atomic mass is 32.1. The molecule has 0 aliphatic rings. The fourth-order valence-electron chi connectivity index (χ4n) is 2.77. The van der Waals surface area contributed by atoms with Crippen LogP contribution in [-0.2, 0) is 11.2 Å². The summed E-state index contributed by atoms with van der Waals surface area (Å²) in [4.78, 5) is 18.8.